The highest BCUT2D eigenvalue weighted by Crippen LogP contribution is 2.53. The minimum Gasteiger partial charge on any atom is -0.399 e. The maximum absolute atomic E-state index is 5.84. The third-order valence-corrected chi connectivity index (χ3v) is 5.77. The lowest BCUT2D eigenvalue weighted by atomic mass is 9.71. The molecule has 1 fully saturated rings. The molecule has 0 aliphatic heterocycles. The van der Waals surface area contributed by atoms with E-state index in [1.54, 1.807) is 0 Å². The van der Waals surface area contributed by atoms with Crippen molar-refractivity contribution in [2.45, 2.75) is 36.8 Å². The highest BCUT2D eigenvalue weighted by Gasteiger charge is 2.38. The van der Waals surface area contributed by atoms with Crippen molar-refractivity contribution in [3.05, 3.63) is 59.7 Å². The van der Waals surface area contributed by atoms with Gasteiger partial charge in [-0.05, 0) is 54.2 Å². The van der Waals surface area contributed by atoms with E-state index in [-0.39, 0.29) is 5.16 Å². The fourth-order valence-electron chi connectivity index (χ4n) is 3.53. The number of benzene rings is 2. The van der Waals surface area contributed by atoms with E-state index in [4.69, 9.17) is 11.5 Å². The van der Waals surface area contributed by atoms with E-state index in [1.165, 1.54) is 36.8 Å². The first-order valence-electron chi connectivity index (χ1n) is 7.60. The number of nitrogen functional groups attached to an aromatic ring is 2. The van der Waals surface area contributed by atoms with Gasteiger partial charge in [-0.15, -0.1) is 9.24 Å². The van der Waals surface area contributed by atoms with Crippen molar-refractivity contribution >= 4 is 20.6 Å². The summed E-state index contributed by atoms with van der Waals surface area (Å²) in [6, 6.07) is 16.8. The Balaban J connectivity index is 2.00. The maximum atomic E-state index is 5.84. The SMILES string of the molecule is Nc1ccc(C2CCCCC2(P)c2ccc(N)cc2)cc1. The van der Waals surface area contributed by atoms with Crippen molar-refractivity contribution in [2.24, 2.45) is 0 Å². The molecule has 0 aromatic heterocycles. The predicted molar refractivity (Wildman–Crippen MR) is 94.3 cm³/mol. The van der Waals surface area contributed by atoms with Gasteiger partial charge in [0.2, 0.25) is 0 Å². The van der Waals surface area contributed by atoms with Gasteiger partial charge in [0.15, 0.2) is 0 Å². The molecule has 1 aliphatic carbocycles. The van der Waals surface area contributed by atoms with Crippen molar-refractivity contribution < 1.29 is 0 Å². The van der Waals surface area contributed by atoms with E-state index in [9.17, 15) is 0 Å². The summed E-state index contributed by atoms with van der Waals surface area (Å²) in [5.41, 5.74) is 16.1. The molecule has 4 N–H and O–H groups in total. The molecule has 3 rings (SSSR count). The molecule has 2 nitrogen and oxygen atoms in total. The molecule has 3 atom stereocenters. The first kappa shape index (κ1) is 14.4. The summed E-state index contributed by atoms with van der Waals surface area (Å²) in [5, 5.41) is 0.0993. The van der Waals surface area contributed by atoms with Crippen molar-refractivity contribution in [3.63, 3.8) is 0 Å². The van der Waals surface area contributed by atoms with Crippen LogP contribution in [0.2, 0.25) is 0 Å². The highest BCUT2D eigenvalue weighted by molar-refractivity contribution is 7.18. The summed E-state index contributed by atoms with van der Waals surface area (Å²) in [4.78, 5) is 0. The summed E-state index contributed by atoms with van der Waals surface area (Å²) in [7, 11) is 3.15. The van der Waals surface area contributed by atoms with Gasteiger partial charge in [0.05, 0.1) is 0 Å². The average molecular weight is 298 g/mol. The Hall–Kier alpha value is -1.53. The summed E-state index contributed by atoms with van der Waals surface area (Å²) in [6.07, 6.45) is 4.98. The zero-order chi connectivity index (χ0) is 14.9. The average Bonchev–Trinajstić information content (AvgIpc) is 2.49. The summed E-state index contributed by atoms with van der Waals surface area (Å²) < 4.78 is 0. The zero-order valence-corrected chi connectivity index (χ0v) is 13.4. The Kier molecular flexibility index (Phi) is 3.91. The number of rotatable bonds is 2. The van der Waals surface area contributed by atoms with Crippen LogP contribution in [0, 0.1) is 0 Å². The summed E-state index contributed by atoms with van der Waals surface area (Å²) >= 11 is 0. The van der Waals surface area contributed by atoms with Gasteiger partial charge in [0, 0.05) is 16.5 Å². The van der Waals surface area contributed by atoms with Crippen LogP contribution in [-0.4, -0.2) is 0 Å². The fraction of sp³-hybridized carbons (Fsp3) is 0.333. The fourth-order valence-corrected chi connectivity index (χ4v) is 4.28. The molecular formula is C18H23N2P. The van der Waals surface area contributed by atoms with E-state index in [0.717, 1.165) is 11.4 Å². The van der Waals surface area contributed by atoms with Gasteiger partial charge in [0.25, 0.3) is 0 Å². The molecule has 3 heteroatoms. The van der Waals surface area contributed by atoms with Gasteiger partial charge >= 0.3 is 0 Å². The van der Waals surface area contributed by atoms with E-state index < -0.39 is 0 Å². The second-order valence-corrected chi connectivity index (χ2v) is 7.16. The molecule has 1 aliphatic rings. The van der Waals surface area contributed by atoms with Crippen molar-refractivity contribution in [1.82, 2.24) is 0 Å². The monoisotopic (exact) mass is 298 g/mol. The highest BCUT2D eigenvalue weighted by atomic mass is 31.0. The first-order chi connectivity index (χ1) is 10.1. The molecular weight excluding hydrogens is 275 g/mol. The Bertz CT molecular complexity index is 606. The molecule has 0 spiro atoms. The number of hydrogen-bond donors (Lipinski definition) is 2. The molecule has 3 unspecified atom stereocenters. The second-order valence-electron chi connectivity index (χ2n) is 6.13. The van der Waals surface area contributed by atoms with Crippen LogP contribution in [0.5, 0.6) is 0 Å². The Labute approximate surface area is 129 Å². The van der Waals surface area contributed by atoms with Crippen LogP contribution in [0.4, 0.5) is 11.4 Å². The van der Waals surface area contributed by atoms with Gasteiger partial charge in [-0.3, -0.25) is 0 Å². The lowest BCUT2D eigenvalue weighted by Crippen LogP contribution is -2.30. The quantitative estimate of drug-likeness (QED) is 0.642. The number of anilines is 2. The van der Waals surface area contributed by atoms with E-state index in [0.29, 0.717) is 5.92 Å². The summed E-state index contributed by atoms with van der Waals surface area (Å²) in [5.74, 6) is 0.514. The zero-order valence-electron chi connectivity index (χ0n) is 12.3. The van der Waals surface area contributed by atoms with Gasteiger partial charge < -0.3 is 11.5 Å². The molecule has 21 heavy (non-hydrogen) atoms. The van der Waals surface area contributed by atoms with Crippen LogP contribution < -0.4 is 11.5 Å². The minimum atomic E-state index is 0.0993. The number of nitrogens with two attached hydrogens (primary N) is 2. The second kappa shape index (κ2) is 5.69. The molecule has 1 saturated carbocycles. The Morgan fingerprint density at radius 2 is 1.43 bits per heavy atom. The molecule has 2 aromatic rings. The van der Waals surface area contributed by atoms with E-state index in [1.807, 2.05) is 24.3 Å². The molecule has 0 saturated heterocycles. The summed E-state index contributed by atoms with van der Waals surface area (Å²) in [6.45, 7) is 0. The molecule has 0 radical (unpaired) electrons. The third kappa shape index (κ3) is 2.78. The smallest absolute Gasteiger partial charge is 0.0314 e. The predicted octanol–water partition coefficient (Wildman–Crippen LogP) is 4.28. The van der Waals surface area contributed by atoms with E-state index >= 15 is 0 Å². The van der Waals surface area contributed by atoms with Crippen LogP contribution >= 0.6 is 9.24 Å². The molecule has 0 amide bonds. The van der Waals surface area contributed by atoms with Crippen LogP contribution in [0.3, 0.4) is 0 Å². The van der Waals surface area contributed by atoms with Gasteiger partial charge in [-0.2, -0.15) is 0 Å². The normalized spacial score (nSPS) is 25.7. The molecule has 0 bridgehead atoms. The molecule has 0 heterocycles. The Morgan fingerprint density at radius 3 is 2.05 bits per heavy atom. The lowest BCUT2D eigenvalue weighted by molar-refractivity contribution is 0.350. The minimum absolute atomic E-state index is 0.0993. The van der Waals surface area contributed by atoms with Crippen LogP contribution in [0.1, 0.15) is 42.7 Å². The van der Waals surface area contributed by atoms with Crippen LogP contribution in [-0.2, 0) is 5.16 Å². The Morgan fingerprint density at radius 1 is 0.857 bits per heavy atom. The molecule has 110 valence electrons. The third-order valence-electron chi connectivity index (χ3n) is 4.74. The van der Waals surface area contributed by atoms with Crippen molar-refractivity contribution in [2.75, 3.05) is 11.5 Å². The lowest BCUT2D eigenvalue weighted by Gasteiger charge is -2.42. The number of hydrogen-bond acceptors (Lipinski definition) is 2. The largest absolute Gasteiger partial charge is 0.399 e. The molecule has 2 aromatic carbocycles. The maximum Gasteiger partial charge on any atom is 0.0314 e. The van der Waals surface area contributed by atoms with Crippen molar-refractivity contribution in [3.8, 4) is 0 Å². The topological polar surface area (TPSA) is 52.0 Å². The van der Waals surface area contributed by atoms with E-state index in [2.05, 4.69) is 33.5 Å². The van der Waals surface area contributed by atoms with Gasteiger partial charge in [-0.25, -0.2) is 0 Å². The van der Waals surface area contributed by atoms with Crippen LogP contribution in [0.15, 0.2) is 48.5 Å². The van der Waals surface area contributed by atoms with Gasteiger partial charge in [0.1, 0.15) is 0 Å². The van der Waals surface area contributed by atoms with Crippen molar-refractivity contribution in [1.29, 1.82) is 0 Å². The van der Waals surface area contributed by atoms with Gasteiger partial charge in [-0.1, -0.05) is 37.1 Å². The first-order valence-corrected chi connectivity index (χ1v) is 8.18. The van der Waals surface area contributed by atoms with Crippen LogP contribution in [0.25, 0.3) is 0 Å². The standard InChI is InChI=1S/C18H23N2P/c19-15-8-4-13(5-9-15)17-3-1-2-12-18(17,21)14-6-10-16(20)11-7-14/h4-11,17H,1-3,12,19-21H2.